The Morgan fingerprint density at radius 3 is 2.60 bits per heavy atom. The minimum absolute atomic E-state index is 0.240. The number of halogens is 2. The number of hydrogen-bond donors (Lipinski definition) is 2. The Labute approximate surface area is 112 Å². The van der Waals surface area contributed by atoms with Crippen LogP contribution in [0, 0.1) is 11.6 Å². The van der Waals surface area contributed by atoms with E-state index in [9.17, 15) is 23.5 Å². The maximum absolute atomic E-state index is 13.8. The van der Waals surface area contributed by atoms with Gasteiger partial charge in [-0.3, -0.25) is 14.9 Å². The molecule has 1 aromatic carbocycles. The number of benzene rings is 1. The molecule has 1 amide bonds. The van der Waals surface area contributed by atoms with Crippen molar-refractivity contribution in [2.24, 2.45) is 0 Å². The first-order valence-corrected chi connectivity index (χ1v) is 5.66. The predicted molar refractivity (Wildman–Crippen MR) is 63.3 cm³/mol. The zero-order valence-electron chi connectivity index (χ0n) is 10.7. The molecule has 0 saturated carbocycles. The van der Waals surface area contributed by atoms with Crippen molar-refractivity contribution >= 4 is 11.7 Å². The molecule has 1 aliphatic rings. The number of aliphatic hydroxyl groups is 1. The third-order valence-electron chi connectivity index (χ3n) is 2.90. The molecule has 1 aromatic rings. The average molecular weight is 283 g/mol. The van der Waals surface area contributed by atoms with E-state index in [2.05, 4.69) is 5.32 Å². The summed E-state index contributed by atoms with van der Waals surface area (Å²) < 4.78 is 31.9. The van der Waals surface area contributed by atoms with Crippen LogP contribution in [0.2, 0.25) is 0 Å². The maximum atomic E-state index is 13.8. The van der Waals surface area contributed by atoms with Crippen molar-refractivity contribution in [2.45, 2.75) is 19.4 Å². The number of carbonyl (C=O) groups excluding carboxylic acids is 2. The standard InChI is InChI=1S/C13H11F2NO4/c1-6(17)16-12-10(18)11(19)13(2,20-12)8-4-3-7(14)5-9(8)15/h3-5,18H,1-2H3,(H,16,17). The summed E-state index contributed by atoms with van der Waals surface area (Å²) in [6.45, 7) is 2.37. The minimum atomic E-state index is -1.86. The number of nitrogens with one attached hydrogen (secondary N) is 1. The Kier molecular flexibility index (Phi) is 3.21. The van der Waals surface area contributed by atoms with Crippen LogP contribution < -0.4 is 5.32 Å². The molecule has 0 aliphatic carbocycles. The third-order valence-corrected chi connectivity index (χ3v) is 2.90. The molecule has 0 fully saturated rings. The Morgan fingerprint density at radius 2 is 2.05 bits per heavy atom. The van der Waals surface area contributed by atoms with Crippen LogP contribution in [0.4, 0.5) is 8.78 Å². The summed E-state index contributed by atoms with van der Waals surface area (Å²) >= 11 is 0. The van der Waals surface area contributed by atoms with E-state index in [0.717, 1.165) is 19.1 Å². The van der Waals surface area contributed by atoms with Gasteiger partial charge in [0.2, 0.25) is 23.2 Å². The molecule has 106 valence electrons. The van der Waals surface area contributed by atoms with Gasteiger partial charge >= 0.3 is 0 Å². The van der Waals surface area contributed by atoms with Crippen molar-refractivity contribution in [3.05, 3.63) is 47.0 Å². The van der Waals surface area contributed by atoms with Gasteiger partial charge in [0.05, 0.1) is 0 Å². The third kappa shape index (κ3) is 2.11. The summed E-state index contributed by atoms with van der Waals surface area (Å²) in [4.78, 5) is 23.0. The lowest BCUT2D eigenvalue weighted by molar-refractivity contribution is -0.133. The van der Waals surface area contributed by atoms with Gasteiger partial charge in [-0.25, -0.2) is 8.78 Å². The number of ketones is 1. The number of amides is 1. The van der Waals surface area contributed by atoms with Gasteiger partial charge in [-0.15, -0.1) is 0 Å². The van der Waals surface area contributed by atoms with Crippen molar-refractivity contribution in [3.8, 4) is 0 Å². The molecule has 1 heterocycles. The summed E-state index contributed by atoms with van der Waals surface area (Å²) in [5.41, 5.74) is -2.10. The van der Waals surface area contributed by atoms with Crippen molar-refractivity contribution < 1.29 is 28.2 Å². The van der Waals surface area contributed by atoms with Crippen LogP contribution in [0.3, 0.4) is 0 Å². The van der Waals surface area contributed by atoms with Crippen LogP contribution in [0.15, 0.2) is 29.8 Å². The fourth-order valence-electron chi connectivity index (χ4n) is 1.93. The molecule has 1 unspecified atom stereocenters. The SMILES string of the molecule is CC(=O)NC1=C(O)C(=O)C(C)(c2ccc(F)cc2F)O1. The van der Waals surface area contributed by atoms with E-state index in [0.29, 0.717) is 6.07 Å². The highest BCUT2D eigenvalue weighted by Crippen LogP contribution is 2.38. The molecule has 7 heteroatoms. The van der Waals surface area contributed by atoms with E-state index < -0.39 is 40.6 Å². The second kappa shape index (κ2) is 4.59. The Morgan fingerprint density at radius 1 is 1.40 bits per heavy atom. The van der Waals surface area contributed by atoms with Gasteiger partial charge in [0, 0.05) is 18.6 Å². The molecular weight excluding hydrogens is 272 g/mol. The first kappa shape index (κ1) is 14.0. The van der Waals surface area contributed by atoms with Crippen LogP contribution in [0.5, 0.6) is 0 Å². The van der Waals surface area contributed by atoms with Gasteiger partial charge in [0.1, 0.15) is 11.6 Å². The lowest BCUT2D eigenvalue weighted by Gasteiger charge is -2.23. The van der Waals surface area contributed by atoms with E-state index in [1.807, 2.05) is 0 Å². The second-order valence-corrected chi connectivity index (χ2v) is 4.45. The molecule has 2 N–H and O–H groups in total. The molecule has 0 spiro atoms. The first-order valence-electron chi connectivity index (χ1n) is 5.66. The zero-order valence-corrected chi connectivity index (χ0v) is 10.7. The molecular formula is C13H11F2NO4. The number of aliphatic hydroxyl groups excluding tert-OH is 1. The van der Waals surface area contributed by atoms with Crippen LogP contribution in [0.1, 0.15) is 19.4 Å². The van der Waals surface area contributed by atoms with Crippen LogP contribution in [-0.2, 0) is 19.9 Å². The fourth-order valence-corrected chi connectivity index (χ4v) is 1.93. The number of carbonyl (C=O) groups is 2. The largest absolute Gasteiger partial charge is 0.501 e. The minimum Gasteiger partial charge on any atom is -0.501 e. The first-order chi connectivity index (χ1) is 9.25. The summed E-state index contributed by atoms with van der Waals surface area (Å²) in [5, 5.41) is 11.8. The molecule has 5 nitrogen and oxygen atoms in total. The Balaban J connectivity index is 2.43. The monoisotopic (exact) mass is 283 g/mol. The zero-order chi connectivity index (χ0) is 15.1. The Bertz CT molecular complexity index is 641. The number of hydrogen-bond acceptors (Lipinski definition) is 4. The van der Waals surface area contributed by atoms with Crippen LogP contribution in [0.25, 0.3) is 0 Å². The van der Waals surface area contributed by atoms with Gasteiger partial charge in [-0.05, 0) is 19.1 Å². The predicted octanol–water partition coefficient (Wildman–Crippen LogP) is 1.64. The van der Waals surface area contributed by atoms with Crippen LogP contribution >= 0.6 is 0 Å². The van der Waals surface area contributed by atoms with Crippen molar-refractivity contribution in [2.75, 3.05) is 0 Å². The lowest BCUT2D eigenvalue weighted by atomic mass is 9.91. The van der Waals surface area contributed by atoms with E-state index in [4.69, 9.17) is 4.74 Å². The highest BCUT2D eigenvalue weighted by Gasteiger charge is 2.49. The van der Waals surface area contributed by atoms with Crippen molar-refractivity contribution in [1.29, 1.82) is 0 Å². The quantitative estimate of drug-likeness (QED) is 0.865. The second-order valence-electron chi connectivity index (χ2n) is 4.45. The molecule has 0 bridgehead atoms. The van der Waals surface area contributed by atoms with Crippen molar-refractivity contribution in [3.63, 3.8) is 0 Å². The maximum Gasteiger partial charge on any atom is 0.250 e. The number of rotatable bonds is 2. The van der Waals surface area contributed by atoms with E-state index in [1.165, 1.54) is 6.92 Å². The average Bonchev–Trinajstić information content (AvgIpc) is 2.54. The molecule has 1 atom stereocenters. The molecule has 0 radical (unpaired) electrons. The van der Waals surface area contributed by atoms with Gasteiger partial charge in [0.25, 0.3) is 5.78 Å². The smallest absolute Gasteiger partial charge is 0.250 e. The van der Waals surface area contributed by atoms with Gasteiger partial charge in [-0.2, -0.15) is 0 Å². The highest BCUT2D eigenvalue weighted by atomic mass is 19.1. The Hall–Kier alpha value is -2.44. The summed E-state index contributed by atoms with van der Waals surface area (Å²) in [5.74, 6) is -4.55. The lowest BCUT2D eigenvalue weighted by Crippen LogP contribution is -2.33. The summed E-state index contributed by atoms with van der Waals surface area (Å²) in [6, 6.07) is 2.62. The highest BCUT2D eigenvalue weighted by molar-refractivity contribution is 6.03. The molecule has 1 aliphatic heterocycles. The summed E-state index contributed by atoms with van der Waals surface area (Å²) in [7, 11) is 0. The van der Waals surface area contributed by atoms with E-state index in [1.54, 1.807) is 0 Å². The molecule has 0 aromatic heterocycles. The van der Waals surface area contributed by atoms with E-state index >= 15 is 0 Å². The normalized spacial score (nSPS) is 21.9. The molecule has 2 rings (SSSR count). The van der Waals surface area contributed by atoms with Gasteiger partial charge in [0.15, 0.2) is 0 Å². The fraction of sp³-hybridized carbons (Fsp3) is 0.231. The number of ether oxygens (including phenoxy) is 1. The topological polar surface area (TPSA) is 75.6 Å². The number of Topliss-reactive ketones (excluding diaryl/α,β-unsaturated/α-hetero) is 1. The van der Waals surface area contributed by atoms with Crippen LogP contribution in [-0.4, -0.2) is 16.8 Å². The summed E-state index contributed by atoms with van der Waals surface area (Å²) in [6.07, 6.45) is 0. The van der Waals surface area contributed by atoms with Gasteiger partial charge in [-0.1, -0.05) is 0 Å². The van der Waals surface area contributed by atoms with E-state index in [-0.39, 0.29) is 5.56 Å². The molecule has 20 heavy (non-hydrogen) atoms. The van der Waals surface area contributed by atoms with Crippen molar-refractivity contribution in [1.82, 2.24) is 5.32 Å². The van der Waals surface area contributed by atoms with Gasteiger partial charge < -0.3 is 9.84 Å². The molecule has 0 saturated heterocycles.